The lowest BCUT2D eigenvalue weighted by Gasteiger charge is -2.06. The Kier molecular flexibility index (Phi) is 2.88. The molecule has 0 bridgehead atoms. The lowest BCUT2D eigenvalue weighted by Crippen LogP contribution is -2.07. The fourth-order valence-corrected chi connectivity index (χ4v) is 2.37. The monoisotopic (exact) mass is 218 g/mol. The molecule has 0 amide bonds. The Morgan fingerprint density at radius 2 is 2.12 bits per heavy atom. The van der Waals surface area contributed by atoms with E-state index in [-0.39, 0.29) is 0 Å². The normalized spacial score (nSPS) is 11.0. The number of hydrogen-bond acceptors (Lipinski definition) is 2. The molecular weight excluding hydrogens is 200 g/mol. The summed E-state index contributed by atoms with van der Waals surface area (Å²) in [5.41, 5.74) is 9.41. The van der Waals surface area contributed by atoms with E-state index in [0.717, 1.165) is 17.7 Å². The van der Waals surface area contributed by atoms with E-state index in [0.29, 0.717) is 6.54 Å². The predicted octanol–water partition coefficient (Wildman–Crippen LogP) is 2.00. The van der Waals surface area contributed by atoms with Crippen LogP contribution in [0.2, 0.25) is 0 Å². The number of ether oxygens (including phenoxy) is 1. The van der Waals surface area contributed by atoms with Crippen molar-refractivity contribution in [1.82, 2.24) is 4.57 Å². The average molecular weight is 218 g/mol. The van der Waals surface area contributed by atoms with E-state index in [4.69, 9.17) is 10.5 Å². The average Bonchev–Trinajstić information content (AvgIpc) is 2.55. The van der Waals surface area contributed by atoms with E-state index in [1.54, 1.807) is 7.11 Å². The summed E-state index contributed by atoms with van der Waals surface area (Å²) in [7, 11) is 3.78. The third-order valence-corrected chi connectivity index (χ3v) is 3.18. The van der Waals surface area contributed by atoms with Gasteiger partial charge in [-0.25, -0.2) is 0 Å². The number of rotatable bonds is 3. The fraction of sp³-hybridized carbons (Fsp3) is 0.385. The Balaban J connectivity index is 2.77. The van der Waals surface area contributed by atoms with Crippen LogP contribution >= 0.6 is 0 Å². The van der Waals surface area contributed by atoms with Gasteiger partial charge in [-0.05, 0) is 25.1 Å². The Hall–Kier alpha value is -1.48. The van der Waals surface area contributed by atoms with Gasteiger partial charge in [-0.1, -0.05) is 12.1 Å². The van der Waals surface area contributed by atoms with Crippen LogP contribution in [-0.2, 0) is 13.5 Å². The lowest BCUT2D eigenvalue weighted by molar-refractivity contribution is 0.417. The molecule has 0 aliphatic carbocycles. The number of nitrogens with two attached hydrogens (primary N) is 1. The van der Waals surface area contributed by atoms with E-state index >= 15 is 0 Å². The Bertz CT molecular complexity index is 514. The lowest BCUT2D eigenvalue weighted by atomic mass is 10.1. The first-order valence-electron chi connectivity index (χ1n) is 5.51. The highest BCUT2D eigenvalue weighted by Gasteiger charge is 2.13. The maximum atomic E-state index is 5.65. The third-order valence-electron chi connectivity index (χ3n) is 3.18. The zero-order valence-electron chi connectivity index (χ0n) is 10.1. The molecule has 0 aliphatic rings. The van der Waals surface area contributed by atoms with Crippen molar-refractivity contribution in [1.29, 1.82) is 0 Å². The smallest absolute Gasteiger partial charge is 0.143 e. The van der Waals surface area contributed by atoms with Crippen molar-refractivity contribution in [2.75, 3.05) is 13.7 Å². The highest BCUT2D eigenvalue weighted by molar-refractivity contribution is 5.90. The largest absolute Gasteiger partial charge is 0.495 e. The molecule has 0 saturated heterocycles. The summed E-state index contributed by atoms with van der Waals surface area (Å²) in [5.74, 6) is 0.923. The Morgan fingerprint density at radius 1 is 1.38 bits per heavy atom. The van der Waals surface area contributed by atoms with Crippen LogP contribution in [-0.4, -0.2) is 18.2 Å². The van der Waals surface area contributed by atoms with E-state index in [1.807, 2.05) is 12.1 Å². The SMILES string of the molecule is COc1cccc2c(C)c(CCN)n(C)c12. The fourth-order valence-electron chi connectivity index (χ4n) is 2.37. The van der Waals surface area contributed by atoms with Crippen LogP contribution in [0.4, 0.5) is 0 Å². The van der Waals surface area contributed by atoms with Gasteiger partial charge in [0.1, 0.15) is 5.75 Å². The van der Waals surface area contributed by atoms with E-state index in [1.165, 1.54) is 16.6 Å². The zero-order chi connectivity index (χ0) is 11.7. The molecule has 1 aromatic heterocycles. The zero-order valence-corrected chi connectivity index (χ0v) is 10.1. The van der Waals surface area contributed by atoms with Gasteiger partial charge in [0, 0.05) is 24.5 Å². The van der Waals surface area contributed by atoms with E-state index < -0.39 is 0 Å². The molecule has 3 heteroatoms. The van der Waals surface area contributed by atoms with Crippen LogP contribution in [0.15, 0.2) is 18.2 Å². The molecule has 3 nitrogen and oxygen atoms in total. The summed E-state index contributed by atoms with van der Waals surface area (Å²) in [5, 5.41) is 1.25. The molecule has 0 spiro atoms. The van der Waals surface area contributed by atoms with Crippen LogP contribution in [0.1, 0.15) is 11.3 Å². The molecule has 0 fully saturated rings. The van der Waals surface area contributed by atoms with Crippen molar-refractivity contribution in [2.45, 2.75) is 13.3 Å². The van der Waals surface area contributed by atoms with E-state index in [9.17, 15) is 0 Å². The topological polar surface area (TPSA) is 40.2 Å². The maximum absolute atomic E-state index is 5.65. The highest BCUT2D eigenvalue weighted by Crippen LogP contribution is 2.31. The first-order chi connectivity index (χ1) is 7.70. The van der Waals surface area contributed by atoms with E-state index in [2.05, 4.69) is 24.6 Å². The summed E-state index contributed by atoms with van der Waals surface area (Å²) in [6.07, 6.45) is 0.903. The van der Waals surface area contributed by atoms with Crippen LogP contribution in [0.25, 0.3) is 10.9 Å². The molecular formula is C13H18N2O. The summed E-state index contributed by atoms with van der Waals surface area (Å²) in [6.45, 7) is 2.82. The minimum atomic E-state index is 0.674. The number of para-hydroxylation sites is 1. The number of aryl methyl sites for hydroxylation is 2. The van der Waals surface area contributed by atoms with Gasteiger partial charge in [0.2, 0.25) is 0 Å². The number of nitrogens with zero attached hydrogens (tertiary/aromatic N) is 1. The highest BCUT2D eigenvalue weighted by atomic mass is 16.5. The summed E-state index contributed by atoms with van der Waals surface area (Å²) < 4.78 is 7.59. The quantitative estimate of drug-likeness (QED) is 0.856. The van der Waals surface area contributed by atoms with Gasteiger partial charge < -0.3 is 15.0 Å². The summed E-state index contributed by atoms with van der Waals surface area (Å²) in [4.78, 5) is 0. The molecule has 0 aliphatic heterocycles. The van der Waals surface area contributed by atoms with Gasteiger partial charge >= 0.3 is 0 Å². The molecule has 0 radical (unpaired) electrons. The first kappa shape index (κ1) is 11.0. The van der Waals surface area contributed by atoms with Crippen molar-refractivity contribution >= 4 is 10.9 Å². The molecule has 86 valence electrons. The molecule has 1 heterocycles. The Labute approximate surface area is 95.8 Å². The molecule has 2 aromatic rings. The molecule has 0 unspecified atom stereocenters. The molecule has 0 saturated carbocycles. The summed E-state index contributed by atoms with van der Waals surface area (Å²) >= 11 is 0. The standard InChI is InChI=1S/C13H18N2O/c1-9-10-5-4-6-12(16-3)13(10)15(2)11(9)7-8-14/h4-6H,7-8,14H2,1-3H3. The minimum Gasteiger partial charge on any atom is -0.495 e. The van der Waals surface area contributed by atoms with Gasteiger partial charge in [-0.3, -0.25) is 0 Å². The van der Waals surface area contributed by atoms with Crippen molar-refractivity contribution in [2.24, 2.45) is 12.8 Å². The van der Waals surface area contributed by atoms with Crippen LogP contribution in [0, 0.1) is 6.92 Å². The molecule has 1 aromatic carbocycles. The van der Waals surface area contributed by atoms with Crippen LogP contribution in [0.3, 0.4) is 0 Å². The number of hydrogen-bond donors (Lipinski definition) is 1. The number of aromatic nitrogens is 1. The molecule has 2 N–H and O–H groups in total. The molecule has 16 heavy (non-hydrogen) atoms. The summed E-state index contributed by atoms with van der Waals surface area (Å²) in [6, 6.07) is 6.15. The van der Waals surface area contributed by atoms with Crippen LogP contribution in [0.5, 0.6) is 5.75 Å². The van der Waals surface area contributed by atoms with Gasteiger partial charge in [0.05, 0.1) is 12.6 Å². The second-order valence-corrected chi connectivity index (χ2v) is 4.03. The van der Waals surface area contributed by atoms with Crippen molar-refractivity contribution < 1.29 is 4.74 Å². The number of benzene rings is 1. The van der Waals surface area contributed by atoms with Gasteiger partial charge in [0.25, 0.3) is 0 Å². The second kappa shape index (κ2) is 4.18. The Morgan fingerprint density at radius 3 is 2.75 bits per heavy atom. The maximum Gasteiger partial charge on any atom is 0.143 e. The third kappa shape index (κ3) is 1.48. The van der Waals surface area contributed by atoms with Gasteiger partial charge in [-0.15, -0.1) is 0 Å². The van der Waals surface area contributed by atoms with Gasteiger partial charge in [-0.2, -0.15) is 0 Å². The van der Waals surface area contributed by atoms with Crippen molar-refractivity contribution in [3.05, 3.63) is 29.5 Å². The predicted molar refractivity (Wildman–Crippen MR) is 67.0 cm³/mol. The minimum absolute atomic E-state index is 0.674. The second-order valence-electron chi connectivity index (χ2n) is 4.03. The first-order valence-corrected chi connectivity index (χ1v) is 5.51. The molecule has 0 atom stereocenters. The number of fused-ring (bicyclic) bond motifs is 1. The van der Waals surface area contributed by atoms with Gasteiger partial charge in [0.15, 0.2) is 0 Å². The molecule has 2 rings (SSSR count). The van der Waals surface area contributed by atoms with Crippen molar-refractivity contribution in [3.63, 3.8) is 0 Å². The van der Waals surface area contributed by atoms with Crippen molar-refractivity contribution in [3.8, 4) is 5.75 Å². The van der Waals surface area contributed by atoms with Crippen LogP contribution < -0.4 is 10.5 Å². The number of methoxy groups -OCH3 is 1.